The fourth-order valence-corrected chi connectivity index (χ4v) is 4.64. The van der Waals surface area contributed by atoms with E-state index in [2.05, 4.69) is 16.8 Å². The maximum absolute atomic E-state index is 14.0. The van der Waals surface area contributed by atoms with Crippen LogP contribution in [0, 0.1) is 24.6 Å². The molecule has 144 valence electrons. The molecule has 4 rings (SSSR count). The first-order chi connectivity index (χ1) is 13.0. The third-order valence-corrected chi connectivity index (χ3v) is 5.97. The van der Waals surface area contributed by atoms with E-state index < -0.39 is 0 Å². The molecule has 1 aliphatic carbocycles. The number of fused-ring (bicyclic) bond motifs is 1. The van der Waals surface area contributed by atoms with Gasteiger partial charge in [-0.05, 0) is 61.4 Å². The van der Waals surface area contributed by atoms with E-state index in [-0.39, 0.29) is 17.7 Å². The molecule has 1 N–H and O–H groups in total. The van der Waals surface area contributed by atoms with Crippen LogP contribution >= 0.6 is 0 Å². The molecule has 1 aromatic heterocycles. The van der Waals surface area contributed by atoms with E-state index in [1.54, 1.807) is 12.1 Å². The molecular formula is C22H27FN2O2. The number of aromatic hydroxyl groups is 1. The quantitative estimate of drug-likeness (QED) is 0.860. The summed E-state index contributed by atoms with van der Waals surface area (Å²) >= 11 is 0. The minimum atomic E-state index is -0.260. The summed E-state index contributed by atoms with van der Waals surface area (Å²) in [4.78, 5) is 6.84. The number of likely N-dealkylation sites (tertiary alicyclic amines) is 1. The monoisotopic (exact) mass is 370 g/mol. The third kappa shape index (κ3) is 4.08. The Balaban J connectivity index is 1.29. The summed E-state index contributed by atoms with van der Waals surface area (Å²) in [5.74, 6) is 1.92. The molecule has 2 heterocycles. The number of nitrogens with zero attached hydrogens (tertiary/aromatic N) is 2. The van der Waals surface area contributed by atoms with E-state index in [1.807, 2.05) is 19.1 Å². The number of benzene rings is 1. The molecule has 0 bridgehead atoms. The zero-order valence-electron chi connectivity index (χ0n) is 15.9. The van der Waals surface area contributed by atoms with Gasteiger partial charge in [0.1, 0.15) is 5.75 Å². The van der Waals surface area contributed by atoms with Crippen molar-refractivity contribution >= 4 is 0 Å². The lowest BCUT2D eigenvalue weighted by atomic mass is 10.0. The number of hydrogen-bond donors (Lipinski definition) is 1. The van der Waals surface area contributed by atoms with Gasteiger partial charge in [-0.3, -0.25) is 4.98 Å². The van der Waals surface area contributed by atoms with Crippen molar-refractivity contribution in [2.75, 3.05) is 19.6 Å². The molecule has 0 spiro atoms. The molecule has 0 radical (unpaired) electrons. The van der Waals surface area contributed by atoms with Crippen LogP contribution in [0.1, 0.15) is 36.9 Å². The second kappa shape index (κ2) is 7.47. The molecule has 4 nitrogen and oxygen atoms in total. The second-order valence-corrected chi connectivity index (χ2v) is 8.23. The molecular weight excluding hydrogens is 343 g/mol. The van der Waals surface area contributed by atoms with Crippen molar-refractivity contribution in [1.82, 2.24) is 9.88 Å². The van der Waals surface area contributed by atoms with Gasteiger partial charge in [-0.2, -0.15) is 0 Å². The summed E-state index contributed by atoms with van der Waals surface area (Å²) in [7, 11) is 0. The molecule has 5 heteroatoms. The van der Waals surface area contributed by atoms with Crippen molar-refractivity contribution in [2.24, 2.45) is 11.8 Å². The van der Waals surface area contributed by atoms with Gasteiger partial charge in [0, 0.05) is 31.2 Å². The number of rotatable bonds is 5. The Labute approximate surface area is 160 Å². The van der Waals surface area contributed by atoms with Crippen molar-refractivity contribution in [3.63, 3.8) is 0 Å². The molecule has 1 saturated carbocycles. The Kier molecular flexibility index (Phi) is 5.04. The van der Waals surface area contributed by atoms with Crippen LogP contribution in [0.2, 0.25) is 0 Å². The Hall–Kier alpha value is -2.14. The maximum Gasteiger partial charge on any atom is 0.165 e. The number of hydrogen-bond acceptors (Lipinski definition) is 4. The minimum absolute atomic E-state index is 0.121. The molecule has 2 unspecified atom stereocenters. The summed E-state index contributed by atoms with van der Waals surface area (Å²) in [6, 6.07) is 8.78. The van der Waals surface area contributed by atoms with E-state index in [1.165, 1.54) is 12.3 Å². The summed E-state index contributed by atoms with van der Waals surface area (Å²) in [5, 5.41) is 9.38. The fraction of sp³-hybridized carbons (Fsp3) is 0.500. The van der Waals surface area contributed by atoms with Crippen molar-refractivity contribution in [3.8, 4) is 11.5 Å². The van der Waals surface area contributed by atoms with E-state index in [4.69, 9.17) is 4.74 Å². The normalized spacial score (nSPS) is 26.1. The standard InChI is InChI=1S/C22H27FN2O2/c1-14-3-6-22(20(23)7-14)27-19-8-16-12-25(13-17(16)9-19)11-15(2)21-5-4-18(26)10-24-21/h3-7,10,15-17,19,26H,8-9,11-13H2,1-2H3/t15?,16-,17+,19?. The van der Waals surface area contributed by atoms with Crippen molar-refractivity contribution < 1.29 is 14.2 Å². The first kappa shape index (κ1) is 18.2. The molecule has 2 aromatic rings. The van der Waals surface area contributed by atoms with Crippen molar-refractivity contribution in [3.05, 3.63) is 53.6 Å². The van der Waals surface area contributed by atoms with Crippen LogP contribution in [0.15, 0.2) is 36.5 Å². The van der Waals surface area contributed by atoms with Gasteiger partial charge in [0.25, 0.3) is 0 Å². The van der Waals surface area contributed by atoms with Gasteiger partial charge in [0.05, 0.1) is 12.3 Å². The highest BCUT2D eigenvalue weighted by Crippen LogP contribution is 2.40. The Morgan fingerprint density at radius 1 is 1.22 bits per heavy atom. The molecule has 2 fully saturated rings. The summed E-state index contributed by atoms with van der Waals surface area (Å²) in [6.45, 7) is 7.19. The van der Waals surface area contributed by atoms with E-state index >= 15 is 0 Å². The summed E-state index contributed by atoms with van der Waals surface area (Å²) in [6.07, 6.45) is 3.63. The number of aryl methyl sites for hydroxylation is 1. The molecule has 2 aliphatic rings. The van der Waals surface area contributed by atoms with Gasteiger partial charge in [-0.15, -0.1) is 0 Å². The van der Waals surface area contributed by atoms with Crippen LogP contribution in [-0.2, 0) is 0 Å². The van der Waals surface area contributed by atoms with Crippen LogP contribution in [0.5, 0.6) is 11.5 Å². The average Bonchev–Trinajstić information content (AvgIpc) is 3.15. The zero-order chi connectivity index (χ0) is 19.0. The Morgan fingerprint density at radius 3 is 2.59 bits per heavy atom. The van der Waals surface area contributed by atoms with Gasteiger partial charge in [-0.25, -0.2) is 4.39 Å². The first-order valence-corrected chi connectivity index (χ1v) is 9.78. The predicted octanol–water partition coefficient (Wildman–Crippen LogP) is 4.13. The van der Waals surface area contributed by atoms with Gasteiger partial charge in [-0.1, -0.05) is 13.0 Å². The lowest BCUT2D eigenvalue weighted by molar-refractivity contribution is 0.177. The highest BCUT2D eigenvalue weighted by atomic mass is 19.1. The van der Waals surface area contributed by atoms with Crippen LogP contribution in [0.3, 0.4) is 0 Å². The third-order valence-electron chi connectivity index (χ3n) is 5.97. The van der Waals surface area contributed by atoms with E-state index in [9.17, 15) is 9.50 Å². The first-order valence-electron chi connectivity index (χ1n) is 9.78. The van der Waals surface area contributed by atoms with Gasteiger partial charge < -0.3 is 14.7 Å². The molecule has 0 amide bonds. The second-order valence-electron chi connectivity index (χ2n) is 8.23. The van der Waals surface area contributed by atoms with Crippen LogP contribution < -0.4 is 4.74 Å². The number of ether oxygens (including phenoxy) is 1. The maximum atomic E-state index is 14.0. The predicted molar refractivity (Wildman–Crippen MR) is 103 cm³/mol. The van der Waals surface area contributed by atoms with E-state index in [0.717, 1.165) is 43.7 Å². The fourth-order valence-electron chi connectivity index (χ4n) is 4.64. The summed E-state index contributed by atoms with van der Waals surface area (Å²) < 4.78 is 20.0. The molecule has 1 aliphatic heterocycles. The minimum Gasteiger partial charge on any atom is -0.506 e. The average molecular weight is 370 g/mol. The summed E-state index contributed by atoms with van der Waals surface area (Å²) in [5.41, 5.74) is 1.93. The largest absolute Gasteiger partial charge is 0.506 e. The Bertz CT molecular complexity index is 781. The number of aromatic nitrogens is 1. The van der Waals surface area contributed by atoms with Crippen molar-refractivity contribution in [1.29, 1.82) is 0 Å². The molecule has 1 saturated heterocycles. The lowest BCUT2D eigenvalue weighted by Crippen LogP contribution is -2.28. The van der Waals surface area contributed by atoms with Crippen LogP contribution in [-0.4, -0.2) is 40.7 Å². The molecule has 27 heavy (non-hydrogen) atoms. The van der Waals surface area contributed by atoms with Gasteiger partial charge in [0.15, 0.2) is 11.6 Å². The van der Waals surface area contributed by atoms with Crippen LogP contribution in [0.25, 0.3) is 0 Å². The van der Waals surface area contributed by atoms with Crippen LogP contribution in [0.4, 0.5) is 4.39 Å². The van der Waals surface area contributed by atoms with Gasteiger partial charge >= 0.3 is 0 Å². The highest BCUT2D eigenvalue weighted by molar-refractivity contribution is 5.29. The van der Waals surface area contributed by atoms with E-state index in [0.29, 0.717) is 23.5 Å². The number of halogens is 1. The smallest absolute Gasteiger partial charge is 0.165 e. The lowest BCUT2D eigenvalue weighted by Gasteiger charge is -2.23. The van der Waals surface area contributed by atoms with Crippen molar-refractivity contribution in [2.45, 2.75) is 38.7 Å². The van der Waals surface area contributed by atoms with Gasteiger partial charge in [0.2, 0.25) is 0 Å². The molecule has 1 aromatic carbocycles. The Morgan fingerprint density at radius 2 is 1.96 bits per heavy atom. The SMILES string of the molecule is Cc1ccc(OC2C[C@@H]3CN(CC(C)c4ccc(O)cn4)C[C@@H]3C2)c(F)c1. The topological polar surface area (TPSA) is 45.6 Å². The zero-order valence-corrected chi connectivity index (χ0v) is 15.9. The number of pyridine rings is 1. The molecule has 4 atom stereocenters. The highest BCUT2D eigenvalue weighted by Gasteiger charge is 2.42.